The van der Waals surface area contributed by atoms with E-state index in [1.165, 1.54) is 33.5 Å². The molecule has 1 aromatic heterocycles. The lowest BCUT2D eigenvalue weighted by atomic mass is 9.97. The molecule has 17 nitrogen and oxygen atoms in total. The highest BCUT2D eigenvalue weighted by Crippen LogP contribution is 2.44. The summed E-state index contributed by atoms with van der Waals surface area (Å²) in [4.78, 5) is 24.9. The molecule has 6 N–H and O–H groups in total. The molecule has 3 heterocycles. The Hall–Kier alpha value is -4.04. The second kappa shape index (κ2) is 15.2. The first kappa shape index (κ1) is 36.2. The third-order valence-electron chi connectivity index (χ3n) is 8.16. The van der Waals surface area contributed by atoms with E-state index in [9.17, 15) is 40.2 Å². The number of ether oxygens (including phenoxy) is 8. The molecule has 0 spiro atoms. The Bertz CT molecular complexity index is 1660. The number of hydrogen-bond donors (Lipinski definition) is 6. The molecule has 268 valence electrons. The van der Waals surface area contributed by atoms with Crippen molar-refractivity contribution in [3.63, 3.8) is 0 Å². The average Bonchev–Trinajstić information content (AvgIpc) is 3.09. The third-order valence-corrected chi connectivity index (χ3v) is 8.16. The van der Waals surface area contributed by atoms with Crippen molar-refractivity contribution in [3.05, 3.63) is 46.6 Å². The molecule has 0 bridgehead atoms. The summed E-state index contributed by atoms with van der Waals surface area (Å²) in [5.74, 6) is -0.209. The summed E-state index contributed by atoms with van der Waals surface area (Å²) >= 11 is 0. The van der Waals surface area contributed by atoms with E-state index in [1.54, 1.807) is 24.3 Å². The van der Waals surface area contributed by atoms with Crippen molar-refractivity contribution in [2.75, 3.05) is 34.5 Å². The zero-order chi connectivity index (χ0) is 35.6. The number of aliphatic hydroxyl groups is 6. The van der Waals surface area contributed by atoms with Crippen LogP contribution in [0.4, 0.5) is 0 Å². The molecule has 5 rings (SSSR count). The molecule has 2 aliphatic rings. The average molecular weight is 695 g/mol. The molecule has 0 radical (unpaired) electrons. The van der Waals surface area contributed by atoms with Gasteiger partial charge in [-0.2, -0.15) is 0 Å². The summed E-state index contributed by atoms with van der Waals surface area (Å²) in [6.45, 7) is -0.209. The van der Waals surface area contributed by atoms with Crippen LogP contribution in [0.2, 0.25) is 0 Å². The summed E-state index contributed by atoms with van der Waals surface area (Å²) in [6.07, 6.45) is -17.2. The van der Waals surface area contributed by atoms with E-state index < -0.39 is 86.0 Å². The topological polar surface area (TPSA) is 242 Å². The maximum Gasteiger partial charge on any atom is 0.302 e. The van der Waals surface area contributed by atoms with Gasteiger partial charge in [0.1, 0.15) is 77.9 Å². The number of rotatable bonds is 11. The molecule has 17 heteroatoms. The molecule has 2 fully saturated rings. The van der Waals surface area contributed by atoms with E-state index in [-0.39, 0.29) is 34.0 Å². The van der Waals surface area contributed by atoms with Crippen LogP contribution in [0.3, 0.4) is 0 Å². The Morgan fingerprint density at radius 2 is 1.49 bits per heavy atom. The van der Waals surface area contributed by atoms with Gasteiger partial charge in [-0.25, -0.2) is 0 Å². The van der Waals surface area contributed by atoms with Gasteiger partial charge >= 0.3 is 5.97 Å². The lowest BCUT2D eigenvalue weighted by Gasteiger charge is -2.46. The fraction of sp³-hybridized carbons (Fsp3) is 0.500. The highest BCUT2D eigenvalue weighted by molar-refractivity contribution is 5.90. The van der Waals surface area contributed by atoms with Crippen LogP contribution >= 0.6 is 0 Å². The molecular weight excluding hydrogens is 656 g/mol. The number of esters is 1. The standard InChI is InChI=1S/C32H38O17/c1-13(34)44-12-21-23(36)25(38)26(39)31(47-21)49-30-24(37)20(11-33)46-32(27(30)40)48-29-22-16(35)9-17(14-5-7-15(41-2)8-6-14)45-18(22)10-19(42-3)28(29)43-4/h5-10,20-21,23-27,30-33,36-40H,11-12H2,1-4H3. The molecule has 0 saturated carbocycles. The van der Waals surface area contributed by atoms with E-state index in [4.69, 9.17) is 42.3 Å². The van der Waals surface area contributed by atoms with E-state index in [0.29, 0.717) is 11.3 Å². The fourth-order valence-electron chi connectivity index (χ4n) is 5.55. The number of hydrogen-bond acceptors (Lipinski definition) is 17. The fourth-order valence-corrected chi connectivity index (χ4v) is 5.55. The summed E-state index contributed by atoms with van der Waals surface area (Å²) in [6, 6.07) is 9.40. The summed E-state index contributed by atoms with van der Waals surface area (Å²) in [7, 11) is 4.13. The van der Waals surface area contributed by atoms with E-state index >= 15 is 0 Å². The van der Waals surface area contributed by atoms with Gasteiger partial charge in [0.05, 0.1) is 27.9 Å². The number of carbonyl (C=O) groups excluding carboxylic acids is 1. The van der Waals surface area contributed by atoms with Crippen LogP contribution in [0.1, 0.15) is 6.92 Å². The minimum absolute atomic E-state index is 0.00732. The smallest absolute Gasteiger partial charge is 0.302 e. The lowest BCUT2D eigenvalue weighted by Crippen LogP contribution is -2.65. The number of benzene rings is 2. The van der Waals surface area contributed by atoms with Crippen molar-refractivity contribution in [1.29, 1.82) is 0 Å². The van der Waals surface area contributed by atoms with Crippen molar-refractivity contribution in [2.24, 2.45) is 0 Å². The first-order chi connectivity index (χ1) is 23.4. The molecule has 49 heavy (non-hydrogen) atoms. The van der Waals surface area contributed by atoms with Gasteiger partial charge < -0.3 is 73.0 Å². The van der Waals surface area contributed by atoms with Crippen molar-refractivity contribution in [1.82, 2.24) is 0 Å². The Balaban J connectivity index is 1.49. The van der Waals surface area contributed by atoms with Crippen LogP contribution in [-0.2, 0) is 23.7 Å². The minimum atomic E-state index is -1.92. The van der Waals surface area contributed by atoms with Crippen LogP contribution in [0, 0.1) is 0 Å². The van der Waals surface area contributed by atoms with Crippen molar-refractivity contribution >= 4 is 16.9 Å². The number of fused-ring (bicyclic) bond motifs is 1. The SMILES string of the molecule is COc1ccc(-c2cc(=O)c3c(OC4OC(CO)C(O)C(OC5OC(COC(C)=O)C(O)C(O)C5O)C4O)c(OC)c(OC)cc3o2)cc1. The highest BCUT2D eigenvalue weighted by Gasteiger charge is 2.52. The first-order valence-corrected chi connectivity index (χ1v) is 15.1. The van der Waals surface area contributed by atoms with Crippen LogP contribution < -0.4 is 24.4 Å². The zero-order valence-electron chi connectivity index (χ0n) is 26.8. The lowest BCUT2D eigenvalue weighted by molar-refractivity contribution is -0.353. The molecule has 2 aliphatic heterocycles. The number of aliphatic hydroxyl groups excluding tert-OH is 6. The van der Waals surface area contributed by atoms with Gasteiger partial charge in [0.25, 0.3) is 0 Å². The largest absolute Gasteiger partial charge is 0.497 e. The zero-order valence-corrected chi connectivity index (χ0v) is 26.8. The van der Waals surface area contributed by atoms with Crippen LogP contribution in [0.15, 0.2) is 45.6 Å². The molecule has 2 saturated heterocycles. The van der Waals surface area contributed by atoms with Gasteiger partial charge in [0.2, 0.25) is 12.0 Å². The molecule has 10 atom stereocenters. The van der Waals surface area contributed by atoms with Gasteiger partial charge in [-0.1, -0.05) is 0 Å². The number of methoxy groups -OCH3 is 3. The van der Waals surface area contributed by atoms with E-state index in [0.717, 1.165) is 6.92 Å². The minimum Gasteiger partial charge on any atom is -0.497 e. The normalized spacial score (nSPS) is 30.1. The van der Waals surface area contributed by atoms with E-state index in [2.05, 4.69) is 0 Å². The Morgan fingerprint density at radius 3 is 2.10 bits per heavy atom. The van der Waals surface area contributed by atoms with Gasteiger partial charge in [-0.05, 0) is 24.3 Å². The summed E-state index contributed by atoms with van der Waals surface area (Å²) in [5.41, 5.74) is -0.0134. The van der Waals surface area contributed by atoms with Crippen LogP contribution in [-0.4, -0.2) is 133 Å². The van der Waals surface area contributed by atoms with Crippen molar-refractivity contribution in [2.45, 2.75) is 68.3 Å². The molecule has 0 aliphatic carbocycles. The molecule has 2 aromatic carbocycles. The third kappa shape index (κ3) is 7.30. The Morgan fingerprint density at radius 1 is 0.796 bits per heavy atom. The quantitative estimate of drug-likeness (QED) is 0.133. The van der Waals surface area contributed by atoms with Crippen molar-refractivity contribution in [3.8, 4) is 34.3 Å². The Kier molecular flexibility index (Phi) is 11.3. The van der Waals surface area contributed by atoms with Crippen LogP contribution in [0.5, 0.6) is 23.0 Å². The van der Waals surface area contributed by atoms with Gasteiger partial charge in [-0.15, -0.1) is 0 Å². The predicted octanol–water partition coefficient (Wildman–Crippen LogP) is -0.940. The predicted molar refractivity (Wildman–Crippen MR) is 164 cm³/mol. The highest BCUT2D eigenvalue weighted by atomic mass is 16.7. The molecule has 10 unspecified atom stereocenters. The maximum absolute atomic E-state index is 13.6. The second-order valence-electron chi connectivity index (χ2n) is 11.3. The summed E-state index contributed by atoms with van der Waals surface area (Å²) < 4.78 is 50.1. The van der Waals surface area contributed by atoms with E-state index in [1.807, 2.05) is 0 Å². The summed E-state index contributed by atoms with van der Waals surface area (Å²) in [5, 5.41) is 63.6. The van der Waals surface area contributed by atoms with Gasteiger partial charge in [0.15, 0.2) is 23.2 Å². The molecule has 0 amide bonds. The monoisotopic (exact) mass is 694 g/mol. The molecular formula is C32H38O17. The Labute approximate surface area is 278 Å². The number of carbonyl (C=O) groups is 1. The second-order valence-corrected chi connectivity index (χ2v) is 11.3. The van der Waals surface area contributed by atoms with Gasteiger partial charge in [-0.3, -0.25) is 9.59 Å². The molecule has 3 aromatic rings. The van der Waals surface area contributed by atoms with Crippen molar-refractivity contribution < 1.29 is 77.7 Å². The first-order valence-electron chi connectivity index (χ1n) is 15.1. The van der Waals surface area contributed by atoms with Crippen LogP contribution in [0.25, 0.3) is 22.3 Å². The van der Waals surface area contributed by atoms with Gasteiger partial charge in [0, 0.05) is 24.6 Å². The maximum atomic E-state index is 13.6.